The average molecular weight is 293 g/mol. The van der Waals surface area contributed by atoms with Crippen LogP contribution in [0.2, 0.25) is 0 Å². The van der Waals surface area contributed by atoms with E-state index in [-0.39, 0.29) is 11.5 Å². The van der Waals surface area contributed by atoms with Gasteiger partial charge >= 0.3 is 5.97 Å². The predicted octanol–water partition coefficient (Wildman–Crippen LogP) is 2.84. The summed E-state index contributed by atoms with van der Waals surface area (Å²) in [5.74, 6) is -0.696. The molecule has 0 fully saturated rings. The summed E-state index contributed by atoms with van der Waals surface area (Å²) >= 11 is 0. The van der Waals surface area contributed by atoms with Crippen LogP contribution in [0, 0.1) is 0 Å². The summed E-state index contributed by atoms with van der Waals surface area (Å²) in [6.07, 6.45) is -1.20. The molecule has 110 valence electrons. The van der Waals surface area contributed by atoms with Gasteiger partial charge in [0, 0.05) is 6.07 Å². The summed E-state index contributed by atoms with van der Waals surface area (Å²) < 4.78 is 29.3. The molecule has 2 aromatic rings. The molecule has 0 bridgehead atoms. The van der Waals surface area contributed by atoms with Crippen molar-refractivity contribution in [2.45, 2.75) is 13.1 Å². The Morgan fingerprint density at radius 3 is 2.76 bits per heavy atom. The fraction of sp³-hybridized carbons (Fsp3) is 0.286. The molecule has 0 saturated heterocycles. The van der Waals surface area contributed by atoms with E-state index < -0.39 is 12.1 Å². The van der Waals surface area contributed by atoms with Crippen molar-refractivity contribution >= 4 is 5.97 Å². The first-order valence-electron chi connectivity index (χ1n) is 6.34. The van der Waals surface area contributed by atoms with Gasteiger partial charge in [0.05, 0.1) is 5.56 Å². The number of fused-ring (bicyclic) bond motifs is 1. The van der Waals surface area contributed by atoms with Gasteiger partial charge in [0.1, 0.15) is 25.1 Å². The third-order valence-electron chi connectivity index (χ3n) is 3.12. The average Bonchev–Trinajstić information content (AvgIpc) is 2.96. The molecule has 1 atom stereocenters. The second-order valence-corrected chi connectivity index (χ2v) is 4.59. The van der Waals surface area contributed by atoms with Crippen LogP contribution in [0.4, 0.5) is 4.39 Å². The molecule has 0 saturated carbocycles. The van der Waals surface area contributed by atoms with Crippen molar-refractivity contribution in [3.8, 4) is 22.8 Å². The minimum atomic E-state index is -1.23. The van der Waals surface area contributed by atoms with E-state index in [0.717, 1.165) is 0 Å². The van der Waals surface area contributed by atoms with Crippen molar-refractivity contribution in [2.24, 2.45) is 0 Å². The zero-order chi connectivity index (χ0) is 15.0. The van der Waals surface area contributed by atoms with Gasteiger partial charge in [0.2, 0.25) is 5.76 Å². The Morgan fingerprint density at radius 2 is 2.10 bits per heavy atom. The van der Waals surface area contributed by atoms with E-state index in [1.54, 1.807) is 12.1 Å². The number of aromatic carboxylic acids is 1. The highest BCUT2D eigenvalue weighted by Crippen LogP contribution is 2.42. The molecule has 21 heavy (non-hydrogen) atoms. The molecule has 0 spiro atoms. The zero-order valence-corrected chi connectivity index (χ0v) is 11.1. The minimum Gasteiger partial charge on any atom is -0.486 e. The van der Waals surface area contributed by atoms with Gasteiger partial charge in [-0.1, -0.05) is 5.16 Å². The van der Waals surface area contributed by atoms with Gasteiger partial charge in [-0.3, -0.25) is 0 Å². The largest absolute Gasteiger partial charge is 0.486 e. The summed E-state index contributed by atoms with van der Waals surface area (Å²) in [7, 11) is 0. The molecule has 7 heteroatoms. The summed E-state index contributed by atoms with van der Waals surface area (Å²) in [5.41, 5.74) is 1.11. The van der Waals surface area contributed by atoms with Gasteiger partial charge < -0.3 is 19.1 Å². The number of carboxylic acid groups (broad SMARTS) is 1. The van der Waals surface area contributed by atoms with Gasteiger partial charge in [-0.15, -0.1) is 0 Å². The number of carboxylic acids is 1. The van der Waals surface area contributed by atoms with Crippen molar-refractivity contribution in [2.75, 3.05) is 13.2 Å². The number of nitrogens with zero attached hydrogens (tertiary/aromatic N) is 1. The molecule has 1 N–H and O–H groups in total. The normalized spacial score (nSPS) is 14.8. The fourth-order valence-electron chi connectivity index (χ4n) is 2.10. The van der Waals surface area contributed by atoms with E-state index >= 15 is 0 Å². The van der Waals surface area contributed by atoms with Gasteiger partial charge in [-0.2, -0.15) is 0 Å². The van der Waals surface area contributed by atoms with Crippen LogP contribution < -0.4 is 9.47 Å². The van der Waals surface area contributed by atoms with E-state index in [1.165, 1.54) is 13.0 Å². The topological polar surface area (TPSA) is 81.8 Å². The van der Waals surface area contributed by atoms with Crippen LogP contribution in [-0.4, -0.2) is 29.4 Å². The van der Waals surface area contributed by atoms with Crippen LogP contribution in [0.5, 0.6) is 11.5 Å². The van der Waals surface area contributed by atoms with Gasteiger partial charge in [0.15, 0.2) is 11.5 Å². The molecule has 6 nitrogen and oxygen atoms in total. The van der Waals surface area contributed by atoms with Crippen LogP contribution in [-0.2, 0) is 0 Å². The number of halogens is 1. The molecule has 1 aliphatic rings. The van der Waals surface area contributed by atoms with E-state index in [9.17, 15) is 9.18 Å². The number of ether oxygens (including phenoxy) is 2. The standard InChI is InChI=1S/C14H12FNO5/c1-7(15)8-4-9(10-6-12(14(17)18)21-16-10)13-11(5-8)19-2-3-20-13/h4-7H,2-3H2,1H3,(H,17,18). The maximum atomic E-state index is 13.6. The number of aromatic nitrogens is 1. The molecule has 3 rings (SSSR count). The maximum Gasteiger partial charge on any atom is 0.374 e. The predicted molar refractivity (Wildman–Crippen MR) is 69.4 cm³/mol. The molecule has 1 aliphatic heterocycles. The van der Waals surface area contributed by atoms with Crippen LogP contribution in [0.1, 0.15) is 29.2 Å². The number of rotatable bonds is 3. The van der Waals surface area contributed by atoms with Gasteiger partial charge in [-0.25, -0.2) is 9.18 Å². The lowest BCUT2D eigenvalue weighted by Crippen LogP contribution is -2.16. The summed E-state index contributed by atoms with van der Waals surface area (Å²) in [4.78, 5) is 10.9. The molecule has 0 amide bonds. The SMILES string of the molecule is CC(F)c1cc2c(c(-c3cc(C(=O)O)on3)c1)OCCO2. The Labute approximate surface area is 119 Å². The number of benzene rings is 1. The highest BCUT2D eigenvalue weighted by atomic mass is 19.1. The van der Waals surface area contributed by atoms with Crippen molar-refractivity contribution < 1.29 is 28.3 Å². The number of alkyl halides is 1. The molecule has 1 unspecified atom stereocenters. The van der Waals surface area contributed by atoms with Crippen LogP contribution in [0.3, 0.4) is 0 Å². The van der Waals surface area contributed by atoms with Gasteiger partial charge in [-0.05, 0) is 24.6 Å². The highest BCUT2D eigenvalue weighted by molar-refractivity contribution is 5.86. The smallest absolute Gasteiger partial charge is 0.374 e. The maximum absolute atomic E-state index is 13.6. The summed E-state index contributed by atoms with van der Waals surface area (Å²) in [6.45, 7) is 2.13. The Morgan fingerprint density at radius 1 is 1.33 bits per heavy atom. The fourth-order valence-corrected chi connectivity index (χ4v) is 2.10. The van der Waals surface area contributed by atoms with E-state index in [4.69, 9.17) is 19.1 Å². The number of hydrogen-bond donors (Lipinski definition) is 1. The first-order valence-corrected chi connectivity index (χ1v) is 6.34. The lowest BCUT2D eigenvalue weighted by Gasteiger charge is -2.21. The monoisotopic (exact) mass is 293 g/mol. The molecule has 2 heterocycles. The van der Waals surface area contributed by atoms with Crippen LogP contribution in [0.25, 0.3) is 11.3 Å². The second-order valence-electron chi connectivity index (χ2n) is 4.59. The third kappa shape index (κ3) is 2.42. The second kappa shape index (κ2) is 5.08. The lowest BCUT2D eigenvalue weighted by atomic mass is 10.0. The minimum absolute atomic E-state index is 0.261. The Hall–Kier alpha value is -2.57. The molecular weight excluding hydrogens is 281 g/mol. The van der Waals surface area contributed by atoms with Crippen molar-refractivity contribution in [3.63, 3.8) is 0 Å². The molecule has 1 aromatic carbocycles. The Bertz CT molecular complexity index is 695. The first kappa shape index (κ1) is 13.4. The number of carbonyl (C=O) groups is 1. The number of hydrogen-bond acceptors (Lipinski definition) is 5. The Kier molecular flexibility index (Phi) is 3.25. The van der Waals surface area contributed by atoms with E-state index in [0.29, 0.717) is 35.8 Å². The zero-order valence-electron chi connectivity index (χ0n) is 11.1. The molecule has 0 aliphatic carbocycles. The quantitative estimate of drug-likeness (QED) is 0.937. The molecule has 1 aromatic heterocycles. The van der Waals surface area contributed by atoms with Gasteiger partial charge in [0.25, 0.3) is 0 Å². The van der Waals surface area contributed by atoms with Crippen molar-refractivity contribution in [3.05, 3.63) is 29.5 Å². The highest BCUT2D eigenvalue weighted by Gasteiger charge is 2.23. The first-order chi connectivity index (χ1) is 10.1. The van der Waals surface area contributed by atoms with Crippen molar-refractivity contribution in [1.82, 2.24) is 5.16 Å². The summed E-state index contributed by atoms with van der Waals surface area (Å²) in [5, 5.41) is 12.6. The molecule has 0 radical (unpaired) electrons. The van der Waals surface area contributed by atoms with E-state index in [1.807, 2.05) is 0 Å². The molecular formula is C14H12FNO5. The lowest BCUT2D eigenvalue weighted by molar-refractivity contribution is 0.0652. The Balaban J connectivity index is 2.14. The van der Waals surface area contributed by atoms with Crippen molar-refractivity contribution in [1.29, 1.82) is 0 Å². The van der Waals surface area contributed by atoms with Crippen LogP contribution >= 0.6 is 0 Å². The third-order valence-corrected chi connectivity index (χ3v) is 3.12. The van der Waals surface area contributed by atoms with E-state index in [2.05, 4.69) is 5.16 Å². The summed E-state index contributed by atoms with van der Waals surface area (Å²) in [6, 6.07) is 4.39. The van der Waals surface area contributed by atoms with Crippen LogP contribution in [0.15, 0.2) is 22.7 Å².